The predicted octanol–water partition coefficient (Wildman–Crippen LogP) is 6.76. The van der Waals surface area contributed by atoms with Crippen LogP contribution < -0.4 is 0 Å². The highest BCUT2D eigenvalue weighted by Crippen LogP contribution is 2.37. The van der Waals surface area contributed by atoms with E-state index in [4.69, 9.17) is 0 Å². The molecule has 1 aromatic heterocycles. The van der Waals surface area contributed by atoms with Crippen molar-refractivity contribution in [2.75, 3.05) is 0 Å². The molecule has 0 spiro atoms. The molecule has 4 aromatic carbocycles. The molecule has 0 aliphatic rings. The van der Waals surface area contributed by atoms with E-state index in [1.807, 2.05) is 0 Å². The highest BCUT2D eigenvalue weighted by Gasteiger charge is 2.16. The highest BCUT2D eigenvalue weighted by molar-refractivity contribution is 6.11. The molecule has 124 valence electrons. The summed E-state index contributed by atoms with van der Waals surface area (Å²) in [5, 5.41) is 2.61. The first kappa shape index (κ1) is 15.0. The van der Waals surface area contributed by atoms with Gasteiger partial charge in [-0.2, -0.15) is 0 Å². The molecule has 0 aliphatic heterocycles. The Labute approximate surface area is 153 Å². The summed E-state index contributed by atoms with van der Waals surface area (Å²) in [7, 11) is 0. The number of fused-ring (bicyclic) bond motifs is 3. The van der Waals surface area contributed by atoms with Crippen LogP contribution in [0.1, 0.15) is 5.56 Å². The molecule has 26 heavy (non-hydrogen) atoms. The number of hydrogen-bond donors (Lipinski definition) is 0. The first-order chi connectivity index (χ1) is 12.8. The summed E-state index contributed by atoms with van der Waals surface area (Å²) >= 11 is 0. The van der Waals surface area contributed by atoms with Gasteiger partial charge in [0, 0.05) is 16.5 Å². The number of para-hydroxylation sites is 2. The fourth-order valence-electron chi connectivity index (χ4n) is 4.00. The van der Waals surface area contributed by atoms with Gasteiger partial charge in [0.25, 0.3) is 0 Å². The Morgan fingerprint density at radius 2 is 1.23 bits per heavy atom. The molecule has 1 nitrogen and oxygen atoms in total. The number of benzene rings is 4. The SMILES string of the molecule is Cc1c(-c2ccccc2)ccc2c3ccccc3n(-c3ccccc3)c12. The van der Waals surface area contributed by atoms with E-state index < -0.39 is 0 Å². The van der Waals surface area contributed by atoms with Crippen LogP contribution in [0.4, 0.5) is 0 Å². The van der Waals surface area contributed by atoms with Gasteiger partial charge >= 0.3 is 0 Å². The number of hydrogen-bond acceptors (Lipinski definition) is 0. The second-order valence-electron chi connectivity index (χ2n) is 6.69. The van der Waals surface area contributed by atoms with Gasteiger partial charge in [-0.05, 0) is 41.8 Å². The fourth-order valence-corrected chi connectivity index (χ4v) is 4.00. The van der Waals surface area contributed by atoms with E-state index in [0.29, 0.717) is 0 Å². The third kappa shape index (κ3) is 2.18. The molecule has 0 unspecified atom stereocenters. The van der Waals surface area contributed by atoms with E-state index in [9.17, 15) is 0 Å². The number of aromatic nitrogens is 1. The van der Waals surface area contributed by atoms with Crippen molar-refractivity contribution in [3.8, 4) is 16.8 Å². The van der Waals surface area contributed by atoms with Crippen molar-refractivity contribution in [2.24, 2.45) is 0 Å². The first-order valence-corrected chi connectivity index (χ1v) is 8.98. The topological polar surface area (TPSA) is 4.93 Å². The molecule has 0 saturated heterocycles. The smallest absolute Gasteiger partial charge is 0.0576 e. The molecule has 1 heteroatoms. The Balaban J connectivity index is 1.94. The number of nitrogens with zero attached hydrogens (tertiary/aromatic N) is 1. The van der Waals surface area contributed by atoms with E-state index in [-0.39, 0.29) is 0 Å². The summed E-state index contributed by atoms with van der Waals surface area (Å²) in [5.74, 6) is 0. The predicted molar refractivity (Wildman–Crippen MR) is 111 cm³/mol. The molecule has 5 aromatic rings. The van der Waals surface area contributed by atoms with Crippen LogP contribution in [-0.2, 0) is 0 Å². The Hall–Kier alpha value is -3.32. The molecule has 5 rings (SSSR count). The second-order valence-corrected chi connectivity index (χ2v) is 6.69. The van der Waals surface area contributed by atoms with Gasteiger partial charge in [0.15, 0.2) is 0 Å². The van der Waals surface area contributed by atoms with E-state index in [2.05, 4.69) is 109 Å². The summed E-state index contributed by atoms with van der Waals surface area (Å²) in [6.45, 7) is 2.24. The molecule has 1 heterocycles. The zero-order valence-electron chi connectivity index (χ0n) is 14.7. The molecule has 0 saturated carbocycles. The zero-order valence-corrected chi connectivity index (χ0v) is 14.7. The molecule has 0 amide bonds. The third-order valence-electron chi connectivity index (χ3n) is 5.19. The Morgan fingerprint density at radius 3 is 2.00 bits per heavy atom. The Kier molecular flexibility index (Phi) is 3.39. The average molecular weight is 333 g/mol. The van der Waals surface area contributed by atoms with Crippen LogP contribution in [0.25, 0.3) is 38.6 Å². The second kappa shape index (κ2) is 5.89. The van der Waals surface area contributed by atoms with Gasteiger partial charge < -0.3 is 4.57 Å². The van der Waals surface area contributed by atoms with Crippen LogP contribution in [0.5, 0.6) is 0 Å². The van der Waals surface area contributed by atoms with Crippen LogP contribution in [0.2, 0.25) is 0 Å². The summed E-state index contributed by atoms with van der Waals surface area (Å²) in [6.07, 6.45) is 0. The van der Waals surface area contributed by atoms with E-state index in [0.717, 1.165) is 0 Å². The monoisotopic (exact) mass is 333 g/mol. The fraction of sp³-hybridized carbons (Fsp3) is 0.0400. The zero-order chi connectivity index (χ0) is 17.5. The lowest BCUT2D eigenvalue weighted by atomic mass is 9.98. The lowest BCUT2D eigenvalue weighted by molar-refractivity contribution is 1.17. The quantitative estimate of drug-likeness (QED) is 0.336. The van der Waals surface area contributed by atoms with Crippen molar-refractivity contribution >= 4 is 21.8 Å². The lowest BCUT2D eigenvalue weighted by Crippen LogP contribution is -1.96. The summed E-state index contributed by atoms with van der Waals surface area (Å²) in [4.78, 5) is 0. The van der Waals surface area contributed by atoms with E-state index in [1.54, 1.807) is 0 Å². The van der Waals surface area contributed by atoms with Crippen molar-refractivity contribution in [3.63, 3.8) is 0 Å². The maximum atomic E-state index is 2.40. The molecule has 0 bridgehead atoms. The molecular formula is C25H19N. The molecular weight excluding hydrogens is 314 g/mol. The first-order valence-electron chi connectivity index (χ1n) is 8.98. The standard InChI is InChI=1S/C25H19N/c1-18-21(19-10-4-2-5-11-19)16-17-23-22-14-8-9-15-24(22)26(25(18)23)20-12-6-3-7-13-20/h2-17H,1H3. The van der Waals surface area contributed by atoms with Crippen molar-refractivity contribution < 1.29 is 0 Å². The van der Waals surface area contributed by atoms with Crippen molar-refractivity contribution in [1.29, 1.82) is 0 Å². The van der Waals surface area contributed by atoms with Crippen LogP contribution in [-0.4, -0.2) is 4.57 Å². The Morgan fingerprint density at radius 1 is 0.577 bits per heavy atom. The van der Waals surface area contributed by atoms with Crippen molar-refractivity contribution in [2.45, 2.75) is 6.92 Å². The summed E-state index contributed by atoms with van der Waals surface area (Å²) in [6, 6.07) is 34.5. The molecule has 0 radical (unpaired) electrons. The molecule has 0 fully saturated rings. The van der Waals surface area contributed by atoms with Gasteiger partial charge in [-0.3, -0.25) is 0 Å². The van der Waals surface area contributed by atoms with Crippen LogP contribution in [0.3, 0.4) is 0 Å². The molecule has 0 aliphatic carbocycles. The van der Waals surface area contributed by atoms with Crippen LogP contribution in [0.15, 0.2) is 97.1 Å². The van der Waals surface area contributed by atoms with Gasteiger partial charge in [-0.15, -0.1) is 0 Å². The van der Waals surface area contributed by atoms with Crippen molar-refractivity contribution in [1.82, 2.24) is 4.57 Å². The Bertz CT molecular complexity index is 1210. The summed E-state index contributed by atoms with van der Waals surface area (Å²) < 4.78 is 2.40. The average Bonchev–Trinajstić information content (AvgIpc) is 3.05. The van der Waals surface area contributed by atoms with Crippen LogP contribution >= 0.6 is 0 Å². The van der Waals surface area contributed by atoms with Crippen molar-refractivity contribution in [3.05, 3.63) is 103 Å². The largest absolute Gasteiger partial charge is 0.309 e. The lowest BCUT2D eigenvalue weighted by Gasteiger charge is -2.12. The highest BCUT2D eigenvalue weighted by atomic mass is 15.0. The number of rotatable bonds is 2. The normalized spacial score (nSPS) is 11.3. The molecule has 0 N–H and O–H groups in total. The van der Waals surface area contributed by atoms with Gasteiger partial charge in [-0.1, -0.05) is 78.9 Å². The van der Waals surface area contributed by atoms with E-state index >= 15 is 0 Å². The summed E-state index contributed by atoms with van der Waals surface area (Å²) in [5.41, 5.74) is 7.61. The maximum Gasteiger partial charge on any atom is 0.0576 e. The number of aryl methyl sites for hydroxylation is 1. The maximum absolute atomic E-state index is 2.40. The minimum atomic E-state index is 1.20. The third-order valence-corrected chi connectivity index (χ3v) is 5.19. The molecule has 0 atom stereocenters. The van der Waals surface area contributed by atoms with E-state index in [1.165, 1.54) is 44.2 Å². The van der Waals surface area contributed by atoms with Gasteiger partial charge in [-0.25, -0.2) is 0 Å². The van der Waals surface area contributed by atoms with Crippen LogP contribution in [0, 0.1) is 6.92 Å². The minimum Gasteiger partial charge on any atom is -0.309 e. The van der Waals surface area contributed by atoms with Gasteiger partial charge in [0.1, 0.15) is 0 Å². The van der Waals surface area contributed by atoms with Gasteiger partial charge in [0.05, 0.1) is 11.0 Å². The van der Waals surface area contributed by atoms with Gasteiger partial charge in [0.2, 0.25) is 0 Å². The minimum absolute atomic E-state index is 1.20.